The summed E-state index contributed by atoms with van der Waals surface area (Å²) in [4.78, 5) is 11.2. The summed E-state index contributed by atoms with van der Waals surface area (Å²) in [6.45, 7) is 5.21. The molecule has 1 aliphatic heterocycles. The average molecular weight is 313 g/mol. The van der Waals surface area contributed by atoms with Crippen molar-refractivity contribution < 1.29 is 23.1 Å². The number of carbonyl (C=O) groups is 1. The zero-order chi connectivity index (χ0) is 15.8. The van der Waals surface area contributed by atoms with Gasteiger partial charge in [-0.05, 0) is 36.6 Å². The maximum Gasteiger partial charge on any atom is 0.322 e. The maximum absolute atomic E-state index is 12.3. The second-order valence-corrected chi connectivity index (χ2v) is 7.30. The van der Waals surface area contributed by atoms with Gasteiger partial charge >= 0.3 is 5.97 Å². The van der Waals surface area contributed by atoms with Crippen LogP contribution in [0.1, 0.15) is 26.3 Å². The predicted octanol–water partition coefficient (Wildman–Crippen LogP) is 1.40. The van der Waals surface area contributed by atoms with Gasteiger partial charge in [0.2, 0.25) is 10.0 Å². The van der Waals surface area contributed by atoms with E-state index in [4.69, 9.17) is 9.84 Å². The summed E-state index contributed by atoms with van der Waals surface area (Å²) in [6, 6.07) is 3.43. The Morgan fingerprint density at radius 2 is 2.10 bits per heavy atom. The van der Waals surface area contributed by atoms with Crippen LogP contribution < -0.4 is 9.46 Å². The van der Waals surface area contributed by atoms with Gasteiger partial charge in [-0.15, -0.1) is 0 Å². The Morgan fingerprint density at radius 3 is 2.67 bits per heavy atom. The minimum Gasteiger partial charge on any atom is -0.490 e. The lowest BCUT2D eigenvalue weighted by molar-refractivity contribution is -0.140. The van der Waals surface area contributed by atoms with Crippen LogP contribution in [0.2, 0.25) is 0 Å². The number of ether oxygens (including phenoxy) is 1. The van der Waals surface area contributed by atoms with Crippen LogP contribution in [0, 0.1) is 5.92 Å². The lowest BCUT2D eigenvalue weighted by Gasteiger charge is -2.18. The van der Waals surface area contributed by atoms with Crippen molar-refractivity contribution in [3.05, 3.63) is 23.8 Å². The van der Waals surface area contributed by atoms with Crippen LogP contribution in [-0.2, 0) is 21.2 Å². The first-order valence-corrected chi connectivity index (χ1v) is 8.23. The van der Waals surface area contributed by atoms with Gasteiger partial charge in [0.25, 0.3) is 0 Å². The number of benzene rings is 1. The molecule has 2 unspecified atom stereocenters. The van der Waals surface area contributed by atoms with E-state index in [0.29, 0.717) is 12.2 Å². The molecule has 1 aromatic rings. The van der Waals surface area contributed by atoms with Gasteiger partial charge < -0.3 is 9.84 Å². The zero-order valence-electron chi connectivity index (χ0n) is 12.2. The van der Waals surface area contributed by atoms with Crippen molar-refractivity contribution in [1.82, 2.24) is 4.72 Å². The highest BCUT2D eigenvalue weighted by Gasteiger charge is 2.29. The number of hydrogen-bond donors (Lipinski definition) is 2. The number of carboxylic acids is 1. The molecule has 1 heterocycles. The smallest absolute Gasteiger partial charge is 0.322 e. The quantitative estimate of drug-likeness (QED) is 0.857. The Labute approximate surface area is 124 Å². The minimum atomic E-state index is -3.87. The van der Waals surface area contributed by atoms with Crippen LogP contribution >= 0.6 is 0 Å². The van der Waals surface area contributed by atoms with Crippen molar-refractivity contribution in [2.45, 2.75) is 44.2 Å². The first-order valence-electron chi connectivity index (χ1n) is 6.75. The Balaban J connectivity index is 2.28. The van der Waals surface area contributed by atoms with Crippen molar-refractivity contribution in [3.63, 3.8) is 0 Å². The first kappa shape index (κ1) is 15.8. The van der Waals surface area contributed by atoms with Crippen molar-refractivity contribution in [2.24, 2.45) is 5.92 Å². The standard InChI is InChI=1S/C14H19NO5S/c1-8(2)13(14(16)17)15-21(18,19)11-4-5-12-10(7-11)6-9(3)20-12/h4-5,7-9,13,15H,6H2,1-3H3,(H,16,17). The summed E-state index contributed by atoms with van der Waals surface area (Å²) in [5, 5.41) is 9.10. The van der Waals surface area contributed by atoms with E-state index in [9.17, 15) is 13.2 Å². The molecule has 0 saturated heterocycles. The fourth-order valence-electron chi connectivity index (χ4n) is 2.27. The van der Waals surface area contributed by atoms with Crippen LogP contribution in [0.25, 0.3) is 0 Å². The van der Waals surface area contributed by atoms with Gasteiger partial charge in [0.15, 0.2) is 0 Å². The molecule has 6 nitrogen and oxygen atoms in total. The molecule has 21 heavy (non-hydrogen) atoms. The van der Waals surface area contributed by atoms with Gasteiger partial charge in [-0.25, -0.2) is 8.42 Å². The molecular weight excluding hydrogens is 294 g/mol. The molecule has 2 atom stereocenters. The molecule has 0 bridgehead atoms. The van der Waals surface area contributed by atoms with Gasteiger partial charge in [0, 0.05) is 6.42 Å². The van der Waals surface area contributed by atoms with Crippen molar-refractivity contribution >= 4 is 16.0 Å². The number of nitrogens with one attached hydrogen (secondary N) is 1. The molecule has 0 saturated carbocycles. The minimum absolute atomic E-state index is 0.0216. The van der Waals surface area contributed by atoms with Crippen LogP contribution in [-0.4, -0.2) is 31.6 Å². The summed E-state index contributed by atoms with van der Waals surface area (Å²) < 4.78 is 32.4. The van der Waals surface area contributed by atoms with E-state index >= 15 is 0 Å². The monoisotopic (exact) mass is 313 g/mol. The molecule has 0 aliphatic carbocycles. The van der Waals surface area contributed by atoms with E-state index in [1.165, 1.54) is 6.07 Å². The number of aliphatic carboxylic acids is 1. The third kappa shape index (κ3) is 3.36. The predicted molar refractivity (Wildman–Crippen MR) is 76.8 cm³/mol. The molecule has 0 amide bonds. The van der Waals surface area contributed by atoms with Gasteiger partial charge in [-0.1, -0.05) is 13.8 Å². The third-order valence-corrected chi connectivity index (χ3v) is 4.83. The van der Waals surface area contributed by atoms with E-state index in [2.05, 4.69) is 4.72 Å². The molecule has 0 spiro atoms. The van der Waals surface area contributed by atoms with E-state index in [1.807, 2.05) is 6.92 Å². The summed E-state index contributed by atoms with van der Waals surface area (Å²) in [7, 11) is -3.87. The highest BCUT2D eigenvalue weighted by atomic mass is 32.2. The molecule has 2 N–H and O–H groups in total. The number of hydrogen-bond acceptors (Lipinski definition) is 4. The fraction of sp³-hybridized carbons (Fsp3) is 0.500. The van der Waals surface area contributed by atoms with E-state index < -0.39 is 22.0 Å². The summed E-state index contributed by atoms with van der Waals surface area (Å²) in [6.07, 6.45) is 0.666. The van der Waals surface area contributed by atoms with Crippen LogP contribution in [0.5, 0.6) is 5.75 Å². The lowest BCUT2D eigenvalue weighted by atomic mass is 10.1. The molecule has 0 radical (unpaired) electrons. The zero-order valence-corrected chi connectivity index (χ0v) is 13.0. The average Bonchev–Trinajstić information content (AvgIpc) is 2.74. The second kappa shape index (κ2) is 5.65. The van der Waals surface area contributed by atoms with E-state index in [1.54, 1.807) is 26.0 Å². The molecule has 7 heteroatoms. The van der Waals surface area contributed by atoms with Crippen LogP contribution in [0.4, 0.5) is 0 Å². The van der Waals surface area contributed by atoms with E-state index in [-0.39, 0.29) is 16.9 Å². The van der Waals surface area contributed by atoms with Crippen LogP contribution in [0.15, 0.2) is 23.1 Å². The third-order valence-electron chi connectivity index (χ3n) is 3.39. The fourth-order valence-corrected chi connectivity index (χ4v) is 3.66. The second-order valence-electron chi connectivity index (χ2n) is 5.58. The van der Waals surface area contributed by atoms with Gasteiger partial charge in [0.05, 0.1) is 4.90 Å². The topological polar surface area (TPSA) is 92.7 Å². The lowest BCUT2D eigenvalue weighted by Crippen LogP contribution is -2.44. The Morgan fingerprint density at radius 1 is 1.43 bits per heavy atom. The number of sulfonamides is 1. The van der Waals surface area contributed by atoms with Crippen molar-refractivity contribution in [1.29, 1.82) is 0 Å². The summed E-state index contributed by atoms with van der Waals surface area (Å²) in [5.41, 5.74) is 0.821. The normalized spacial score (nSPS) is 19.1. The summed E-state index contributed by atoms with van der Waals surface area (Å²) in [5.74, 6) is -0.859. The van der Waals surface area contributed by atoms with E-state index in [0.717, 1.165) is 5.56 Å². The molecule has 0 aromatic heterocycles. The highest BCUT2D eigenvalue weighted by molar-refractivity contribution is 7.89. The van der Waals surface area contributed by atoms with Crippen molar-refractivity contribution in [2.75, 3.05) is 0 Å². The van der Waals surface area contributed by atoms with Gasteiger partial charge in [-0.3, -0.25) is 4.79 Å². The Kier molecular flexibility index (Phi) is 4.25. The van der Waals surface area contributed by atoms with Crippen LogP contribution in [0.3, 0.4) is 0 Å². The molecule has 0 fully saturated rings. The Bertz CT molecular complexity index is 653. The number of carboxylic acid groups (broad SMARTS) is 1. The largest absolute Gasteiger partial charge is 0.490 e. The molecule has 116 valence electrons. The first-order chi connectivity index (χ1) is 9.70. The molecule has 2 rings (SSSR count). The highest BCUT2D eigenvalue weighted by Crippen LogP contribution is 2.30. The number of fused-ring (bicyclic) bond motifs is 1. The van der Waals surface area contributed by atoms with Crippen molar-refractivity contribution in [3.8, 4) is 5.75 Å². The SMILES string of the molecule is CC1Cc2cc(S(=O)(=O)NC(C(=O)O)C(C)C)ccc2O1. The molecular formula is C14H19NO5S. The maximum atomic E-state index is 12.3. The Hall–Kier alpha value is -1.60. The molecule has 1 aromatic carbocycles. The molecule has 1 aliphatic rings. The summed E-state index contributed by atoms with van der Waals surface area (Å²) >= 11 is 0. The van der Waals surface area contributed by atoms with Gasteiger partial charge in [0.1, 0.15) is 17.9 Å². The number of rotatable bonds is 5. The van der Waals surface area contributed by atoms with Gasteiger partial charge in [-0.2, -0.15) is 4.72 Å².